The number of hydrogen-bond donors (Lipinski definition) is 1. The monoisotopic (exact) mass is 357 g/mol. The number of nitrogens with zero attached hydrogens (tertiary/aromatic N) is 2. The lowest BCUT2D eigenvalue weighted by molar-refractivity contribution is -0.135. The average Bonchev–Trinajstić information content (AvgIpc) is 2.53. The molecule has 5 nitrogen and oxygen atoms in total. The third kappa shape index (κ3) is 3.97. The van der Waals surface area contributed by atoms with Gasteiger partial charge in [0.2, 0.25) is 5.91 Å². The largest absolute Gasteiger partial charge is 0.338 e. The van der Waals surface area contributed by atoms with E-state index in [1.807, 2.05) is 13.8 Å². The second-order valence-corrected chi connectivity index (χ2v) is 6.80. The van der Waals surface area contributed by atoms with Crippen molar-refractivity contribution >= 4 is 35.0 Å². The lowest BCUT2D eigenvalue weighted by Gasteiger charge is -2.36. The Bertz CT molecular complexity index is 579. The first kappa shape index (κ1) is 18.0. The summed E-state index contributed by atoms with van der Waals surface area (Å²) in [6.07, 6.45) is 0. The van der Waals surface area contributed by atoms with Crippen LogP contribution >= 0.6 is 23.2 Å². The summed E-state index contributed by atoms with van der Waals surface area (Å²) in [4.78, 5) is 28.2. The Kier molecular flexibility index (Phi) is 5.89. The molecule has 1 aliphatic heterocycles. The van der Waals surface area contributed by atoms with Gasteiger partial charge in [-0.15, -0.1) is 0 Å². The van der Waals surface area contributed by atoms with E-state index in [0.717, 1.165) is 0 Å². The van der Waals surface area contributed by atoms with Crippen LogP contribution in [0.5, 0.6) is 0 Å². The first-order valence-corrected chi connectivity index (χ1v) is 8.36. The van der Waals surface area contributed by atoms with Gasteiger partial charge in [0, 0.05) is 26.2 Å². The molecule has 1 heterocycles. The number of nitrogens with two attached hydrogens (primary N) is 1. The van der Waals surface area contributed by atoms with Crippen LogP contribution in [-0.4, -0.2) is 53.8 Å². The van der Waals surface area contributed by atoms with Crippen LogP contribution < -0.4 is 5.73 Å². The molecule has 0 radical (unpaired) electrons. The number of carbonyl (C=O) groups is 2. The van der Waals surface area contributed by atoms with Crippen molar-refractivity contribution < 1.29 is 9.59 Å². The summed E-state index contributed by atoms with van der Waals surface area (Å²) in [6.45, 7) is 5.65. The minimum Gasteiger partial charge on any atom is -0.338 e. The molecule has 0 bridgehead atoms. The molecule has 0 unspecified atom stereocenters. The van der Waals surface area contributed by atoms with Crippen molar-refractivity contribution in [2.45, 2.75) is 19.9 Å². The number of amides is 2. The lowest BCUT2D eigenvalue weighted by atomic mass is 10.0. The van der Waals surface area contributed by atoms with E-state index in [9.17, 15) is 9.59 Å². The van der Waals surface area contributed by atoms with Gasteiger partial charge in [0.25, 0.3) is 5.91 Å². The summed E-state index contributed by atoms with van der Waals surface area (Å²) in [6, 6.07) is 4.48. The molecule has 1 atom stereocenters. The van der Waals surface area contributed by atoms with Crippen LogP contribution in [-0.2, 0) is 4.79 Å². The van der Waals surface area contributed by atoms with Gasteiger partial charge in [0.15, 0.2) is 0 Å². The average molecular weight is 358 g/mol. The van der Waals surface area contributed by atoms with E-state index in [-0.39, 0.29) is 17.7 Å². The second-order valence-electron chi connectivity index (χ2n) is 5.98. The number of carbonyl (C=O) groups excluding carboxylic acids is 2. The van der Waals surface area contributed by atoms with Crippen LogP contribution in [0.15, 0.2) is 18.2 Å². The van der Waals surface area contributed by atoms with Crippen LogP contribution in [0.1, 0.15) is 24.2 Å². The molecule has 1 aromatic rings. The quantitative estimate of drug-likeness (QED) is 0.901. The van der Waals surface area contributed by atoms with Gasteiger partial charge in [-0.05, 0) is 18.1 Å². The van der Waals surface area contributed by atoms with Gasteiger partial charge in [-0.1, -0.05) is 43.1 Å². The van der Waals surface area contributed by atoms with Gasteiger partial charge in [0.05, 0.1) is 21.7 Å². The summed E-state index contributed by atoms with van der Waals surface area (Å²) in [7, 11) is 0. The molecule has 0 aromatic heterocycles. The summed E-state index contributed by atoms with van der Waals surface area (Å²) >= 11 is 12.2. The predicted octanol–water partition coefficient (Wildman–Crippen LogP) is 2.26. The van der Waals surface area contributed by atoms with E-state index in [1.165, 1.54) is 0 Å². The van der Waals surface area contributed by atoms with E-state index in [4.69, 9.17) is 28.9 Å². The number of rotatable bonds is 3. The minimum absolute atomic E-state index is 0.0668. The molecular weight excluding hydrogens is 337 g/mol. The van der Waals surface area contributed by atoms with Crippen molar-refractivity contribution in [2.24, 2.45) is 11.7 Å². The van der Waals surface area contributed by atoms with Crippen LogP contribution in [0, 0.1) is 5.92 Å². The molecule has 1 aliphatic rings. The third-order valence-corrected chi connectivity index (χ3v) is 4.69. The Balaban J connectivity index is 2.02. The molecule has 0 aliphatic carbocycles. The topological polar surface area (TPSA) is 66.6 Å². The fourth-order valence-electron chi connectivity index (χ4n) is 2.49. The molecule has 0 spiro atoms. The van der Waals surface area contributed by atoms with Gasteiger partial charge in [-0.3, -0.25) is 9.59 Å². The van der Waals surface area contributed by atoms with Crippen molar-refractivity contribution in [3.8, 4) is 0 Å². The highest BCUT2D eigenvalue weighted by Gasteiger charge is 2.29. The van der Waals surface area contributed by atoms with Crippen molar-refractivity contribution in [3.63, 3.8) is 0 Å². The maximum Gasteiger partial charge on any atom is 0.257 e. The van der Waals surface area contributed by atoms with Crippen molar-refractivity contribution in [3.05, 3.63) is 33.8 Å². The Morgan fingerprint density at radius 2 is 1.52 bits per heavy atom. The number of benzene rings is 1. The van der Waals surface area contributed by atoms with E-state index in [0.29, 0.717) is 41.8 Å². The van der Waals surface area contributed by atoms with Gasteiger partial charge in [0.1, 0.15) is 0 Å². The third-order valence-electron chi connectivity index (χ3n) is 4.06. The van der Waals surface area contributed by atoms with E-state index in [2.05, 4.69) is 0 Å². The van der Waals surface area contributed by atoms with Gasteiger partial charge in [-0.2, -0.15) is 0 Å². The molecule has 1 aromatic carbocycles. The zero-order valence-electron chi connectivity index (χ0n) is 13.3. The smallest absolute Gasteiger partial charge is 0.257 e. The molecule has 126 valence electrons. The van der Waals surface area contributed by atoms with Crippen LogP contribution in [0.25, 0.3) is 0 Å². The fourth-order valence-corrected chi connectivity index (χ4v) is 3.05. The van der Waals surface area contributed by atoms with E-state index in [1.54, 1.807) is 28.0 Å². The molecular formula is C16H21Cl2N3O2. The van der Waals surface area contributed by atoms with Crippen molar-refractivity contribution in [1.82, 2.24) is 9.80 Å². The standard InChI is InChI=1S/C16H21Cl2N3O2/c1-10(2)14(19)16(23)21-8-6-20(7-9-21)15(22)13-11(17)4-3-5-12(13)18/h3-5,10,14H,6-9,19H2,1-2H3/t14-/m0/s1. The normalized spacial score (nSPS) is 16.6. The van der Waals surface area contributed by atoms with Crippen molar-refractivity contribution in [2.75, 3.05) is 26.2 Å². The Morgan fingerprint density at radius 3 is 2.00 bits per heavy atom. The van der Waals surface area contributed by atoms with Crippen molar-refractivity contribution in [1.29, 1.82) is 0 Å². The lowest BCUT2D eigenvalue weighted by Crippen LogP contribution is -2.55. The Labute approximate surface area is 146 Å². The highest BCUT2D eigenvalue weighted by molar-refractivity contribution is 6.39. The first-order chi connectivity index (χ1) is 10.8. The SMILES string of the molecule is CC(C)[C@H](N)C(=O)N1CCN(C(=O)c2c(Cl)cccc2Cl)CC1. The van der Waals surface area contributed by atoms with Crippen LogP contribution in [0.2, 0.25) is 10.0 Å². The molecule has 0 saturated carbocycles. The second kappa shape index (κ2) is 7.51. The zero-order chi connectivity index (χ0) is 17.1. The fraction of sp³-hybridized carbons (Fsp3) is 0.500. The Morgan fingerprint density at radius 1 is 1.04 bits per heavy atom. The number of piperazine rings is 1. The summed E-state index contributed by atoms with van der Waals surface area (Å²) in [5.74, 6) is -0.187. The highest BCUT2D eigenvalue weighted by atomic mass is 35.5. The summed E-state index contributed by atoms with van der Waals surface area (Å²) < 4.78 is 0. The van der Waals surface area contributed by atoms with E-state index >= 15 is 0 Å². The molecule has 2 rings (SSSR count). The van der Waals surface area contributed by atoms with Crippen LogP contribution in [0.3, 0.4) is 0 Å². The highest BCUT2D eigenvalue weighted by Crippen LogP contribution is 2.26. The maximum absolute atomic E-state index is 12.6. The minimum atomic E-state index is -0.504. The van der Waals surface area contributed by atoms with E-state index < -0.39 is 6.04 Å². The first-order valence-electron chi connectivity index (χ1n) is 7.60. The van der Waals surface area contributed by atoms with Gasteiger partial charge >= 0.3 is 0 Å². The van der Waals surface area contributed by atoms with Gasteiger partial charge in [-0.25, -0.2) is 0 Å². The summed E-state index contributed by atoms with van der Waals surface area (Å²) in [5.41, 5.74) is 6.22. The van der Waals surface area contributed by atoms with Crippen LogP contribution in [0.4, 0.5) is 0 Å². The number of halogens is 2. The molecule has 7 heteroatoms. The molecule has 1 fully saturated rings. The molecule has 1 saturated heterocycles. The maximum atomic E-state index is 12.6. The van der Waals surface area contributed by atoms with Gasteiger partial charge < -0.3 is 15.5 Å². The predicted molar refractivity (Wildman–Crippen MR) is 91.8 cm³/mol. The zero-order valence-corrected chi connectivity index (χ0v) is 14.8. The molecule has 23 heavy (non-hydrogen) atoms. The summed E-state index contributed by atoms with van der Waals surface area (Å²) in [5, 5.41) is 0.672. The molecule has 2 N–H and O–H groups in total. The Hall–Kier alpha value is -1.30. The molecule has 2 amide bonds. The number of hydrogen-bond acceptors (Lipinski definition) is 3.